The number of carbonyl (C=O) groups is 1. The third kappa shape index (κ3) is 4.19. The second kappa shape index (κ2) is 8.53. The predicted octanol–water partition coefficient (Wildman–Crippen LogP) is 4.71. The zero-order valence-electron chi connectivity index (χ0n) is 16.4. The lowest BCUT2D eigenvalue weighted by Gasteiger charge is -2.08. The van der Waals surface area contributed by atoms with Crippen LogP contribution in [0.3, 0.4) is 0 Å². The van der Waals surface area contributed by atoms with E-state index < -0.39 is 0 Å². The van der Waals surface area contributed by atoms with Crippen LogP contribution in [0, 0.1) is 6.92 Å². The number of benzene rings is 2. The molecule has 2 aromatic carbocycles. The summed E-state index contributed by atoms with van der Waals surface area (Å²) in [6, 6.07) is 17.6. The van der Waals surface area contributed by atoms with E-state index in [1.807, 2.05) is 49.4 Å². The van der Waals surface area contributed by atoms with Crippen molar-refractivity contribution in [3.05, 3.63) is 60.2 Å². The zero-order chi connectivity index (χ0) is 20.2. The van der Waals surface area contributed by atoms with E-state index in [0.29, 0.717) is 18.8 Å². The van der Waals surface area contributed by atoms with Gasteiger partial charge in [-0.2, -0.15) is 0 Å². The molecule has 0 radical (unpaired) electrons. The van der Waals surface area contributed by atoms with E-state index >= 15 is 0 Å². The maximum atomic E-state index is 12.3. The molecule has 29 heavy (non-hydrogen) atoms. The normalized spacial score (nSPS) is 11.1. The molecule has 4 aromatic rings. The molecule has 4 rings (SSSR count). The Hall–Kier alpha value is -3.06. The Morgan fingerprint density at radius 2 is 1.93 bits per heavy atom. The molecule has 0 aliphatic carbocycles. The van der Waals surface area contributed by atoms with Crippen molar-refractivity contribution in [1.29, 1.82) is 0 Å². The van der Waals surface area contributed by atoms with E-state index in [0.717, 1.165) is 27.8 Å². The van der Waals surface area contributed by atoms with Gasteiger partial charge in [-0.1, -0.05) is 30.0 Å². The lowest BCUT2D eigenvalue weighted by atomic mass is 10.1. The van der Waals surface area contributed by atoms with E-state index in [-0.39, 0.29) is 5.91 Å². The molecule has 148 valence electrons. The van der Waals surface area contributed by atoms with Gasteiger partial charge >= 0.3 is 0 Å². The van der Waals surface area contributed by atoms with Crippen LogP contribution < -0.4 is 10.1 Å². The van der Waals surface area contributed by atoms with Gasteiger partial charge in [0, 0.05) is 23.2 Å². The number of nitrogens with zero attached hydrogens (tertiary/aromatic N) is 3. The van der Waals surface area contributed by atoms with E-state index in [4.69, 9.17) is 4.74 Å². The number of aryl methyl sites for hydroxylation is 1. The maximum Gasteiger partial charge on any atom is 0.225 e. The smallest absolute Gasteiger partial charge is 0.225 e. The van der Waals surface area contributed by atoms with E-state index in [9.17, 15) is 4.79 Å². The summed E-state index contributed by atoms with van der Waals surface area (Å²) in [7, 11) is 0. The summed E-state index contributed by atoms with van der Waals surface area (Å²) in [6.45, 7) is 4.64. The zero-order valence-corrected chi connectivity index (χ0v) is 17.2. The highest BCUT2D eigenvalue weighted by molar-refractivity contribution is 7.99. The van der Waals surface area contributed by atoms with Gasteiger partial charge in [0.05, 0.1) is 12.1 Å². The second-order valence-corrected chi connectivity index (χ2v) is 7.69. The van der Waals surface area contributed by atoms with Crippen molar-refractivity contribution >= 4 is 39.9 Å². The summed E-state index contributed by atoms with van der Waals surface area (Å²) in [5.74, 6) is 1.38. The van der Waals surface area contributed by atoms with Gasteiger partial charge in [-0.05, 0) is 55.8 Å². The summed E-state index contributed by atoms with van der Waals surface area (Å²) < 4.78 is 7.47. The monoisotopic (exact) mass is 406 g/mol. The maximum absolute atomic E-state index is 12.3. The fourth-order valence-electron chi connectivity index (χ4n) is 3.23. The van der Waals surface area contributed by atoms with Gasteiger partial charge in [-0.15, -0.1) is 10.2 Å². The number of rotatable bonds is 7. The number of aromatic nitrogens is 3. The number of ether oxygens (including phenoxy) is 1. The molecule has 2 heterocycles. The first-order chi connectivity index (χ1) is 14.2. The number of anilines is 1. The molecule has 0 aliphatic heterocycles. The topological polar surface area (TPSA) is 68.5 Å². The molecule has 0 fully saturated rings. The largest absolute Gasteiger partial charge is 0.494 e. The van der Waals surface area contributed by atoms with Crippen LogP contribution in [-0.4, -0.2) is 32.9 Å². The Bertz CT molecular complexity index is 1150. The number of hydrogen-bond donors (Lipinski definition) is 1. The number of carbonyl (C=O) groups excluding carboxylic acids is 1. The third-order valence-electron chi connectivity index (χ3n) is 4.58. The molecule has 0 bridgehead atoms. The van der Waals surface area contributed by atoms with Crippen LogP contribution in [-0.2, 0) is 4.79 Å². The number of amides is 1. The van der Waals surface area contributed by atoms with E-state index in [2.05, 4.69) is 39.0 Å². The van der Waals surface area contributed by atoms with Crippen LogP contribution in [0.5, 0.6) is 5.75 Å². The first-order valence-corrected chi connectivity index (χ1v) is 10.5. The number of thioether (sulfide) groups is 1. The molecule has 1 amide bonds. The molecule has 1 N–H and O–H groups in total. The lowest BCUT2D eigenvalue weighted by molar-refractivity contribution is -0.115. The molecule has 0 atom stereocenters. The lowest BCUT2D eigenvalue weighted by Crippen LogP contribution is -2.12. The summed E-state index contributed by atoms with van der Waals surface area (Å²) in [5.41, 5.74) is 3.83. The minimum atomic E-state index is -0.0313. The average Bonchev–Trinajstić information content (AvgIpc) is 3.13. The fourth-order valence-corrected chi connectivity index (χ4v) is 4.12. The molecule has 7 heteroatoms. The van der Waals surface area contributed by atoms with Crippen LogP contribution >= 0.6 is 11.8 Å². The van der Waals surface area contributed by atoms with Crippen LogP contribution in [0.25, 0.3) is 16.6 Å². The first-order valence-electron chi connectivity index (χ1n) is 9.54. The summed E-state index contributed by atoms with van der Waals surface area (Å²) in [5, 5.41) is 13.5. The Labute approximate surface area is 173 Å². The molecule has 0 saturated heterocycles. The molecule has 2 aromatic heterocycles. The van der Waals surface area contributed by atoms with Crippen LogP contribution in [0.4, 0.5) is 5.69 Å². The standard InChI is InChI=1S/C22H22N4O2S/c1-3-28-17-10-8-16(9-11-17)23-21(27)12-13-29-22-25-24-20-14-15(2)18-6-4-5-7-19(18)26(20)22/h4-11,14H,3,12-13H2,1-2H3,(H,23,27). The van der Waals surface area contributed by atoms with Crippen LogP contribution in [0.15, 0.2) is 59.8 Å². The van der Waals surface area contributed by atoms with Crippen LogP contribution in [0.2, 0.25) is 0 Å². The highest BCUT2D eigenvalue weighted by Crippen LogP contribution is 2.26. The van der Waals surface area contributed by atoms with Gasteiger partial charge in [-0.25, -0.2) is 0 Å². The molecule has 0 saturated carbocycles. The van der Waals surface area contributed by atoms with Gasteiger partial charge in [0.1, 0.15) is 5.75 Å². The minimum absolute atomic E-state index is 0.0313. The van der Waals surface area contributed by atoms with Gasteiger partial charge < -0.3 is 10.1 Å². The summed E-state index contributed by atoms with van der Waals surface area (Å²) in [6.07, 6.45) is 0.386. The van der Waals surface area contributed by atoms with Crippen molar-refractivity contribution in [2.45, 2.75) is 25.4 Å². The molecule has 0 aliphatic rings. The van der Waals surface area contributed by atoms with Crippen LogP contribution in [0.1, 0.15) is 18.9 Å². The van der Waals surface area contributed by atoms with Crippen molar-refractivity contribution < 1.29 is 9.53 Å². The number of fused-ring (bicyclic) bond motifs is 3. The van der Waals surface area contributed by atoms with Crippen molar-refractivity contribution in [3.63, 3.8) is 0 Å². The number of pyridine rings is 1. The molecular weight excluding hydrogens is 384 g/mol. The van der Waals surface area contributed by atoms with Gasteiger partial charge in [0.15, 0.2) is 10.8 Å². The molecule has 0 spiro atoms. The minimum Gasteiger partial charge on any atom is -0.494 e. The third-order valence-corrected chi connectivity index (χ3v) is 5.51. The highest BCUT2D eigenvalue weighted by atomic mass is 32.2. The van der Waals surface area contributed by atoms with Crippen molar-refractivity contribution in [3.8, 4) is 5.75 Å². The first kappa shape index (κ1) is 19.3. The van der Waals surface area contributed by atoms with Gasteiger partial charge in [0.2, 0.25) is 5.91 Å². The van der Waals surface area contributed by atoms with E-state index in [1.165, 1.54) is 22.7 Å². The quantitative estimate of drug-likeness (QED) is 0.450. The summed E-state index contributed by atoms with van der Waals surface area (Å²) in [4.78, 5) is 12.3. The Balaban J connectivity index is 1.41. The van der Waals surface area contributed by atoms with Crippen molar-refractivity contribution in [1.82, 2.24) is 14.6 Å². The van der Waals surface area contributed by atoms with E-state index in [1.54, 1.807) is 0 Å². The average molecular weight is 407 g/mol. The van der Waals surface area contributed by atoms with Gasteiger partial charge in [0.25, 0.3) is 0 Å². The molecule has 0 unspecified atom stereocenters. The fraction of sp³-hybridized carbons (Fsp3) is 0.227. The molecule has 6 nitrogen and oxygen atoms in total. The summed E-state index contributed by atoms with van der Waals surface area (Å²) >= 11 is 1.53. The number of para-hydroxylation sites is 1. The van der Waals surface area contributed by atoms with Gasteiger partial charge in [-0.3, -0.25) is 9.20 Å². The number of nitrogens with one attached hydrogen (secondary N) is 1. The molecular formula is C22H22N4O2S. The Kier molecular flexibility index (Phi) is 5.67. The Morgan fingerprint density at radius 1 is 1.14 bits per heavy atom. The number of hydrogen-bond acceptors (Lipinski definition) is 5. The second-order valence-electron chi connectivity index (χ2n) is 6.62. The predicted molar refractivity (Wildman–Crippen MR) is 117 cm³/mol. The Morgan fingerprint density at radius 3 is 2.72 bits per heavy atom. The SMILES string of the molecule is CCOc1ccc(NC(=O)CCSc2nnc3cc(C)c4ccccc4n23)cc1. The highest BCUT2D eigenvalue weighted by Gasteiger charge is 2.12. The van der Waals surface area contributed by atoms with Crippen molar-refractivity contribution in [2.24, 2.45) is 0 Å². The van der Waals surface area contributed by atoms with Crippen molar-refractivity contribution in [2.75, 3.05) is 17.7 Å².